The van der Waals surface area contributed by atoms with Crippen LogP contribution in [0.15, 0.2) is 29.2 Å². The molecule has 0 aromatic heterocycles. The molecule has 0 aliphatic carbocycles. The number of ketones is 1. The zero-order chi connectivity index (χ0) is 22.6. The Balaban J connectivity index is 2.00. The van der Waals surface area contributed by atoms with Gasteiger partial charge in [-0.3, -0.25) is 14.4 Å². The quantitative estimate of drug-likeness (QED) is 0.517. The molecular weight excluding hydrogens is 408 g/mol. The van der Waals surface area contributed by atoms with E-state index in [4.69, 9.17) is 4.74 Å². The molecule has 1 saturated heterocycles. The normalized spacial score (nSPS) is 21.6. The van der Waals surface area contributed by atoms with Gasteiger partial charge in [0.05, 0.1) is 4.90 Å². The highest BCUT2D eigenvalue weighted by molar-refractivity contribution is 7.89. The number of nitrogens with one attached hydrogen (secondary N) is 1. The first-order valence-corrected chi connectivity index (χ1v) is 11.6. The number of benzene rings is 1. The molecule has 1 aromatic carbocycles. The van der Waals surface area contributed by atoms with Crippen molar-refractivity contribution in [2.75, 3.05) is 0 Å². The zero-order valence-electron chi connectivity index (χ0n) is 18.0. The predicted octanol–water partition coefficient (Wildman–Crippen LogP) is 2.28. The topological polar surface area (TPSA) is 110 Å². The Kier molecular flexibility index (Phi) is 7.76. The third kappa shape index (κ3) is 5.66. The van der Waals surface area contributed by atoms with Gasteiger partial charge < -0.3 is 9.64 Å². The molecule has 0 bridgehead atoms. The van der Waals surface area contributed by atoms with Crippen molar-refractivity contribution in [3.63, 3.8) is 0 Å². The maximum atomic E-state index is 12.8. The van der Waals surface area contributed by atoms with Crippen molar-refractivity contribution in [3.8, 4) is 0 Å². The van der Waals surface area contributed by atoms with Crippen LogP contribution in [-0.2, 0) is 24.3 Å². The molecule has 4 atom stereocenters. The number of carbonyl (C=O) groups excluding carboxylic acids is 3. The molecule has 9 heteroatoms. The number of amides is 1. The smallest absolute Gasteiger partial charge is 0.324 e. The average Bonchev–Trinajstić information content (AvgIpc) is 2.67. The Hall–Kier alpha value is -2.26. The second-order valence-electron chi connectivity index (χ2n) is 7.88. The van der Waals surface area contributed by atoms with Gasteiger partial charge in [-0.25, -0.2) is 8.42 Å². The summed E-state index contributed by atoms with van der Waals surface area (Å²) in [5.41, 5.74) is 0.384. The molecule has 0 spiro atoms. The molecule has 1 fully saturated rings. The minimum Gasteiger partial charge on any atom is -0.451 e. The molecule has 2 rings (SSSR count). The first-order valence-electron chi connectivity index (χ1n) is 10.1. The van der Waals surface area contributed by atoms with E-state index in [1.165, 1.54) is 45.0 Å². The van der Waals surface area contributed by atoms with E-state index >= 15 is 0 Å². The highest BCUT2D eigenvalue weighted by Gasteiger charge is 2.34. The summed E-state index contributed by atoms with van der Waals surface area (Å²) in [7, 11) is -4.00. The average molecular weight is 439 g/mol. The van der Waals surface area contributed by atoms with Crippen LogP contribution in [0.2, 0.25) is 0 Å². The minimum absolute atomic E-state index is 0.0660. The van der Waals surface area contributed by atoms with Gasteiger partial charge in [-0.05, 0) is 66.0 Å². The maximum Gasteiger partial charge on any atom is 0.324 e. The Bertz CT molecular complexity index is 887. The van der Waals surface area contributed by atoms with Gasteiger partial charge in [0.25, 0.3) is 5.91 Å². The number of esters is 1. The van der Waals surface area contributed by atoms with Crippen LogP contribution in [0.4, 0.5) is 0 Å². The second kappa shape index (κ2) is 9.70. The summed E-state index contributed by atoms with van der Waals surface area (Å²) < 4.78 is 32.5. The molecule has 1 N–H and O–H groups in total. The maximum absolute atomic E-state index is 12.8. The van der Waals surface area contributed by atoms with Gasteiger partial charge in [-0.2, -0.15) is 4.72 Å². The van der Waals surface area contributed by atoms with Crippen LogP contribution in [0.1, 0.15) is 64.2 Å². The van der Waals surface area contributed by atoms with Gasteiger partial charge in [-0.15, -0.1) is 0 Å². The number of nitrogens with zero attached hydrogens (tertiary/aromatic N) is 1. The molecule has 1 amide bonds. The van der Waals surface area contributed by atoms with Crippen LogP contribution in [0.5, 0.6) is 0 Å². The fraction of sp³-hybridized carbons (Fsp3) is 0.571. The summed E-state index contributed by atoms with van der Waals surface area (Å²) in [6.45, 7) is 8.17. The summed E-state index contributed by atoms with van der Waals surface area (Å²) in [6.07, 6.45) is 1.83. The fourth-order valence-electron chi connectivity index (χ4n) is 3.61. The Morgan fingerprint density at radius 1 is 1.07 bits per heavy atom. The number of hydrogen-bond acceptors (Lipinski definition) is 6. The van der Waals surface area contributed by atoms with Gasteiger partial charge in [0, 0.05) is 17.6 Å². The SMILES string of the molecule is CC(=O)c1ccc(S(=O)(=O)N[C@H](C)C(=O)O[C@H](C)C(=O)N2[C@H](C)CCC[C@@H]2C)cc1. The lowest BCUT2D eigenvalue weighted by molar-refractivity contribution is -0.163. The summed E-state index contributed by atoms with van der Waals surface area (Å²) in [5.74, 6) is -1.30. The predicted molar refractivity (Wildman–Crippen MR) is 111 cm³/mol. The Morgan fingerprint density at radius 2 is 1.60 bits per heavy atom. The number of likely N-dealkylation sites (tertiary alicyclic amines) is 1. The van der Waals surface area contributed by atoms with Gasteiger partial charge >= 0.3 is 5.97 Å². The van der Waals surface area contributed by atoms with E-state index < -0.39 is 28.1 Å². The van der Waals surface area contributed by atoms with Gasteiger partial charge in [0.15, 0.2) is 11.9 Å². The molecule has 0 radical (unpaired) electrons. The van der Waals surface area contributed by atoms with E-state index in [9.17, 15) is 22.8 Å². The van der Waals surface area contributed by atoms with Crippen molar-refractivity contribution in [2.24, 2.45) is 0 Å². The van der Waals surface area contributed by atoms with E-state index in [1.807, 2.05) is 13.8 Å². The molecule has 0 unspecified atom stereocenters. The first-order chi connectivity index (χ1) is 13.9. The van der Waals surface area contributed by atoms with Crippen LogP contribution in [0, 0.1) is 0 Å². The van der Waals surface area contributed by atoms with E-state index in [0.717, 1.165) is 19.3 Å². The fourth-order valence-corrected chi connectivity index (χ4v) is 4.80. The summed E-state index contributed by atoms with van der Waals surface area (Å²) in [5, 5.41) is 0. The van der Waals surface area contributed by atoms with Crippen LogP contribution >= 0.6 is 0 Å². The van der Waals surface area contributed by atoms with Crippen molar-refractivity contribution < 1.29 is 27.5 Å². The van der Waals surface area contributed by atoms with Crippen molar-refractivity contribution in [2.45, 2.75) is 83.0 Å². The molecule has 166 valence electrons. The van der Waals surface area contributed by atoms with Gasteiger partial charge in [-0.1, -0.05) is 12.1 Å². The number of ether oxygens (including phenoxy) is 1. The minimum atomic E-state index is -4.00. The van der Waals surface area contributed by atoms with Crippen LogP contribution in [0.3, 0.4) is 0 Å². The molecule has 1 aromatic rings. The highest BCUT2D eigenvalue weighted by atomic mass is 32.2. The molecule has 8 nitrogen and oxygen atoms in total. The van der Waals surface area contributed by atoms with Gasteiger partial charge in [0.1, 0.15) is 6.04 Å². The van der Waals surface area contributed by atoms with Crippen molar-refractivity contribution >= 4 is 27.7 Å². The molecular formula is C21H30N2O6S. The summed E-state index contributed by atoms with van der Waals surface area (Å²) in [6, 6.07) is 4.34. The highest BCUT2D eigenvalue weighted by Crippen LogP contribution is 2.23. The molecule has 0 saturated carbocycles. The number of sulfonamides is 1. The number of piperidine rings is 1. The van der Waals surface area contributed by atoms with Crippen molar-refractivity contribution in [1.82, 2.24) is 9.62 Å². The summed E-state index contributed by atoms with van der Waals surface area (Å²) in [4.78, 5) is 38.1. The van der Waals surface area contributed by atoms with Crippen LogP contribution in [-0.4, -0.2) is 55.2 Å². The van der Waals surface area contributed by atoms with E-state index in [0.29, 0.717) is 5.56 Å². The third-order valence-corrected chi connectivity index (χ3v) is 6.90. The molecule has 30 heavy (non-hydrogen) atoms. The molecule has 1 heterocycles. The van der Waals surface area contributed by atoms with Crippen molar-refractivity contribution in [3.05, 3.63) is 29.8 Å². The second-order valence-corrected chi connectivity index (χ2v) is 9.59. The summed E-state index contributed by atoms with van der Waals surface area (Å²) >= 11 is 0. The third-order valence-electron chi connectivity index (χ3n) is 5.35. The Labute approximate surface area is 178 Å². The van der Waals surface area contributed by atoms with Crippen LogP contribution in [0.25, 0.3) is 0 Å². The zero-order valence-corrected chi connectivity index (χ0v) is 18.9. The number of Topliss-reactive ketones (excluding diaryl/α,β-unsaturated/α-hetero) is 1. The molecule has 1 aliphatic rings. The van der Waals surface area contributed by atoms with E-state index in [-0.39, 0.29) is 28.7 Å². The van der Waals surface area contributed by atoms with Gasteiger partial charge in [0.2, 0.25) is 10.0 Å². The lowest BCUT2D eigenvalue weighted by Gasteiger charge is -2.40. The largest absolute Gasteiger partial charge is 0.451 e. The standard InChI is InChI=1S/C21H30N2O6S/c1-13-7-6-8-14(2)23(13)20(25)17(5)29-21(26)15(3)22-30(27,28)19-11-9-18(10-12-19)16(4)24/h9-15,17,22H,6-8H2,1-5H3/t13-,14+,15-,17-/m1/s1. The molecule has 1 aliphatic heterocycles. The number of carbonyl (C=O) groups is 3. The van der Waals surface area contributed by atoms with E-state index in [1.54, 1.807) is 4.90 Å². The monoisotopic (exact) mass is 438 g/mol. The Morgan fingerprint density at radius 3 is 2.10 bits per heavy atom. The first kappa shape index (κ1) is 24.0. The number of rotatable bonds is 7. The van der Waals surface area contributed by atoms with Crippen LogP contribution < -0.4 is 4.72 Å². The number of hydrogen-bond donors (Lipinski definition) is 1. The lowest BCUT2D eigenvalue weighted by atomic mass is 9.97. The lowest BCUT2D eigenvalue weighted by Crippen LogP contribution is -2.52. The van der Waals surface area contributed by atoms with Crippen molar-refractivity contribution in [1.29, 1.82) is 0 Å². The van der Waals surface area contributed by atoms with E-state index in [2.05, 4.69) is 4.72 Å².